The third-order valence-corrected chi connectivity index (χ3v) is 5.41. The number of hydrogen-bond donors (Lipinski definition) is 3. The standard InChI is InChI=1S/C22H18FN7O2/c1-11-19(27-17-5-2-12(9-24)6-16(17)23)29-21-14(7-13-8-18(31)28-22(13)32)10-25-30(21)20(11)26-15-3-4-15/h2,5-7,10,15,26H,3-4,8H2,1H3,(H,27,29)(H,28,31,32)/b13-7+. The fourth-order valence-electron chi connectivity index (χ4n) is 3.53. The Bertz CT molecular complexity index is 1360. The van der Waals surface area contributed by atoms with Crippen LogP contribution < -0.4 is 16.0 Å². The molecule has 2 aliphatic rings. The number of carbonyl (C=O) groups excluding carboxylic acids is 2. The molecule has 0 spiro atoms. The molecule has 1 aliphatic heterocycles. The van der Waals surface area contributed by atoms with Gasteiger partial charge in [-0.05, 0) is 44.0 Å². The Kier molecular flexibility index (Phi) is 4.59. The average molecular weight is 431 g/mol. The maximum Gasteiger partial charge on any atom is 0.254 e. The molecule has 160 valence electrons. The molecule has 1 aromatic carbocycles. The van der Waals surface area contributed by atoms with Crippen molar-refractivity contribution in [3.05, 3.63) is 52.5 Å². The van der Waals surface area contributed by atoms with Gasteiger partial charge in [0.2, 0.25) is 5.91 Å². The van der Waals surface area contributed by atoms with Gasteiger partial charge in [-0.15, -0.1) is 0 Å². The van der Waals surface area contributed by atoms with Crippen LogP contribution in [0.1, 0.15) is 36.0 Å². The maximum absolute atomic E-state index is 14.5. The Labute approximate surface area is 181 Å². The maximum atomic E-state index is 14.5. The largest absolute Gasteiger partial charge is 0.367 e. The normalized spacial score (nSPS) is 17.0. The van der Waals surface area contributed by atoms with Crippen molar-refractivity contribution in [1.82, 2.24) is 19.9 Å². The van der Waals surface area contributed by atoms with Crippen LogP contribution in [0.15, 0.2) is 30.0 Å². The number of nitrogens with one attached hydrogen (secondary N) is 3. The van der Waals surface area contributed by atoms with Gasteiger partial charge in [0.15, 0.2) is 5.65 Å². The molecule has 0 radical (unpaired) electrons. The molecule has 3 N–H and O–H groups in total. The van der Waals surface area contributed by atoms with Crippen LogP contribution in [0.25, 0.3) is 11.7 Å². The zero-order chi connectivity index (χ0) is 22.4. The molecule has 5 rings (SSSR count). The summed E-state index contributed by atoms with van der Waals surface area (Å²) >= 11 is 0. The van der Waals surface area contributed by atoms with Crippen LogP contribution in [0.5, 0.6) is 0 Å². The highest BCUT2D eigenvalue weighted by molar-refractivity contribution is 6.15. The van der Waals surface area contributed by atoms with Crippen LogP contribution >= 0.6 is 0 Å². The van der Waals surface area contributed by atoms with Gasteiger partial charge in [0.25, 0.3) is 5.91 Å². The van der Waals surface area contributed by atoms with E-state index in [9.17, 15) is 14.0 Å². The SMILES string of the molecule is Cc1c(Nc2ccc(C#N)cc2F)nc2c(/C=C3\CC(=O)NC3=O)cnn2c1NC1CC1. The van der Waals surface area contributed by atoms with E-state index in [0.717, 1.165) is 24.5 Å². The summed E-state index contributed by atoms with van der Waals surface area (Å²) in [6.07, 6.45) is 5.25. The quantitative estimate of drug-likeness (QED) is 0.419. The topological polar surface area (TPSA) is 124 Å². The van der Waals surface area contributed by atoms with E-state index in [1.165, 1.54) is 12.1 Å². The predicted molar refractivity (Wildman–Crippen MR) is 115 cm³/mol. The van der Waals surface area contributed by atoms with Gasteiger partial charge in [-0.3, -0.25) is 14.9 Å². The summed E-state index contributed by atoms with van der Waals surface area (Å²) in [5, 5.41) is 22.1. The van der Waals surface area contributed by atoms with Crippen molar-refractivity contribution < 1.29 is 14.0 Å². The van der Waals surface area contributed by atoms with E-state index in [-0.39, 0.29) is 23.6 Å². The van der Waals surface area contributed by atoms with Crippen LogP contribution in [-0.4, -0.2) is 32.5 Å². The molecule has 3 heterocycles. The minimum Gasteiger partial charge on any atom is -0.367 e. The van der Waals surface area contributed by atoms with Crippen molar-refractivity contribution in [2.24, 2.45) is 0 Å². The zero-order valence-electron chi connectivity index (χ0n) is 17.1. The van der Waals surface area contributed by atoms with Crippen molar-refractivity contribution in [1.29, 1.82) is 5.26 Å². The van der Waals surface area contributed by atoms with E-state index in [1.807, 2.05) is 13.0 Å². The molecule has 10 heteroatoms. The number of carbonyl (C=O) groups is 2. The molecule has 0 bridgehead atoms. The number of benzene rings is 1. The first kappa shape index (κ1) is 19.7. The molecular formula is C22H18FN7O2. The van der Waals surface area contributed by atoms with E-state index >= 15 is 0 Å². The Morgan fingerprint density at radius 3 is 2.81 bits per heavy atom. The lowest BCUT2D eigenvalue weighted by atomic mass is 10.1. The number of nitriles is 1. The minimum absolute atomic E-state index is 0.00320. The monoisotopic (exact) mass is 431 g/mol. The summed E-state index contributed by atoms with van der Waals surface area (Å²) in [5.41, 5.74) is 2.49. The number of halogens is 1. The van der Waals surface area contributed by atoms with Crippen molar-refractivity contribution >= 4 is 40.9 Å². The highest BCUT2D eigenvalue weighted by Crippen LogP contribution is 2.33. The van der Waals surface area contributed by atoms with Crippen molar-refractivity contribution in [3.63, 3.8) is 0 Å². The summed E-state index contributed by atoms with van der Waals surface area (Å²) in [5.74, 6) is -0.229. The summed E-state index contributed by atoms with van der Waals surface area (Å²) in [7, 11) is 0. The second-order valence-electron chi connectivity index (χ2n) is 7.84. The van der Waals surface area contributed by atoms with Gasteiger partial charge in [0, 0.05) is 22.7 Å². The van der Waals surface area contributed by atoms with Gasteiger partial charge < -0.3 is 10.6 Å². The molecule has 2 amide bonds. The van der Waals surface area contributed by atoms with Gasteiger partial charge in [0.05, 0.1) is 29.9 Å². The van der Waals surface area contributed by atoms with E-state index in [1.54, 1.807) is 16.8 Å². The Morgan fingerprint density at radius 1 is 1.34 bits per heavy atom. The van der Waals surface area contributed by atoms with Crippen LogP contribution in [0, 0.1) is 24.1 Å². The summed E-state index contributed by atoms with van der Waals surface area (Å²) in [6.45, 7) is 1.85. The van der Waals surface area contributed by atoms with Crippen LogP contribution in [0.4, 0.5) is 21.7 Å². The summed E-state index contributed by atoms with van der Waals surface area (Å²) in [6, 6.07) is 6.40. The van der Waals surface area contributed by atoms with E-state index < -0.39 is 11.7 Å². The molecule has 1 aliphatic carbocycles. The molecule has 3 aromatic rings. The number of nitrogens with zero attached hydrogens (tertiary/aromatic N) is 4. The molecule has 1 saturated heterocycles. The first-order valence-corrected chi connectivity index (χ1v) is 10.1. The first-order valence-electron chi connectivity index (χ1n) is 10.1. The molecule has 2 aromatic heterocycles. The van der Waals surface area contributed by atoms with Gasteiger partial charge in [-0.1, -0.05) is 0 Å². The first-order chi connectivity index (χ1) is 15.4. The molecule has 0 unspecified atom stereocenters. The second-order valence-corrected chi connectivity index (χ2v) is 7.84. The van der Waals surface area contributed by atoms with Crippen LogP contribution in [0.2, 0.25) is 0 Å². The molecule has 0 atom stereocenters. The number of hydrogen-bond acceptors (Lipinski definition) is 7. The number of amides is 2. The lowest BCUT2D eigenvalue weighted by molar-refractivity contribution is -0.124. The third kappa shape index (κ3) is 3.54. The molecule has 9 nitrogen and oxygen atoms in total. The molecular weight excluding hydrogens is 413 g/mol. The van der Waals surface area contributed by atoms with E-state index in [2.05, 4.69) is 26.0 Å². The Hall–Kier alpha value is -4.26. The number of anilines is 3. The van der Waals surface area contributed by atoms with Gasteiger partial charge in [-0.25, -0.2) is 9.37 Å². The van der Waals surface area contributed by atoms with Gasteiger partial charge >= 0.3 is 0 Å². The lowest BCUT2D eigenvalue weighted by Crippen LogP contribution is -2.19. The van der Waals surface area contributed by atoms with Crippen molar-refractivity contribution in [3.8, 4) is 6.07 Å². The zero-order valence-corrected chi connectivity index (χ0v) is 17.1. The van der Waals surface area contributed by atoms with Crippen molar-refractivity contribution in [2.45, 2.75) is 32.2 Å². The highest BCUT2D eigenvalue weighted by atomic mass is 19.1. The number of rotatable bonds is 5. The van der Waals surface area contributed by atoms with Crippen LogP contribution in [-0.2, 0) is 9.59 Å². The predicted octanol–water partition coefficient (Wildman–Crippen LogP) is 2.80. The molecule has 32 heavy (non-hydrogen) atoms. The Balaban J connectivity index is 1.62. The average Bonchev–Trinajstić information content (AvgIpc) is 3.42. The molecule has 2 fully saturated rings. The van der Waals surface area contributed by atoms with Crippen LogP contribution in [0.3, 0.4) is 0 Å². The lowest BCUT2D eigenvalue weighted by Gasteiger charge is -2.16. The van der Waals surface area contributed by atoms with Crippen molar-refractivity contribution in [2.75, 3.05) is 10.6 Å². The minimum atomic E-state index is -0.571. The third-order valence-electron chi connectivity index (χ3n) is 5.41. The summed E-state index contributed by atoms with van der Waals surface area (Å²) < 4.78 is 16.1. The van der Waals surface area contributed by atoms with E-state index in [4.69, 9.17) is 5.26 Å². The van der Waals surface area contributed by atoms with Gasteiger partial charge in [-0.2, -0.15) is 14.9 Å². The summed E-state index contributed by atoms with van der Waals surface area (Å²) in [4.78, 5) is 28.2. The molecule has 1 saturated carbocycles. The smallest absolute Gasteiger partial charge is 0.254 e. The second kappa shape index (κ2) is 7.46. The van der Waals surface area contributed by atoms with Gasteiger partial charge in [0.1, 0.15) is 17.5 Å². The van der Waals surface area contributed by atoms with E-state index in [0.29, 0.717) is 34.5 Å². The Morgan fingerprint density at radius 2 is 2.16 bits per heavy atom. The number of fused-ring (bicyclic) bond motifs is 1. The number of aromatic nitrogens is 3. The fourth-order valence-corrected chi connectivity index (χ4v) is 3.53. The number of imide groups is 1. The fraction of sp³-hybridized carbons (Fsp3) is 0.227. The highest BCUT2D eigenvalue weighted by Gasteiger charge is 2.27.